The van der Waals surface area contributed by atoms with Gasteiger partial charge in [0.2, 0.25) is 0 Å². The van der Waals surface area contributed by atoms with Crippen LogP contribution in [0.2, 0.25) is 5.02 Å². The van der Waals surface area contributed by atoms with Crippen molar-refractivity contribution in [3.8, 4) is 11.3 Å². The Bertz CT molecular complexity index is 861. The number of aromatic nitrogens is 2. The molecule has 0 unspecified atom stereocenters. The van der Waals surface area contributed by atoms with E-state index in [0.717, 1.165) is 53.1 Å². The van der Waals surface area contributed by atoms with Gasteiger partial charge in [-0.15, -0.1) is 0 Å². The predicted octanol–water partition coefficient (Wildman–Crippen LogP) is 4.71. The van der Waals surface area contributed by atoms with Gasteiger partial charge in [0, 0.05) is 22.5 Å². The molecule has 0 aliphatic carbocycles. The van der Waals surface area contributed by atoms with Crippen molar-refractivity contribution in [2.24, 2.45) is 0 Å². The molecule has 3 nitrogen and oxygen atoms in total. The maximum atomic E-state index is 6.52. The molecule has 25 heavy (non-hydrogen) atoms. The molecule has 0 saturated carbocycles. The third-order valence-corrected chi connectivity index (χ3v) is 5.84. The number of benzene rings is 2. The smallest absolute Gasteiger partial charge is 0.166 e. The lowest BCUT2D eigenvalue weighted by Crippen LogP contribution is -2.16. The number of H-pyrrole nitrogens is 1. The number of nitrogens with one attached hydrogen (secondary N) is 2. The Kier molecular flexibility index (Phi) is 5.11. The average Bonchev–Trinajstić information content (AvgIpc) is 2.99. The van der Waals surface area contributed by atoms with Crippen molar-refractivity contribution in [2.75, 3.05) is 13.1 Å². The first kappa shape index (κ1) is 16.7. The monoisotopic (exact) mass is 369 g/mol. The summed E-state index contributed by atoms with van der Waals surface area (Å²) in [7, 11) is 0. The van der Waals surface area contributed by atoms with Gasteiger partial charge < -0.3 is 10.3 Å². The van der Waals surface area contributed by atoms with E-state index < -0.39 is 0 Å². The number of hydrogen-bond acceptors (Lipinski definition) is 3. The molecule has 0 saturated heterocycles. The molecule has 2 N–H and O–H groups in total. The molecule has 0 atom stereocenters. The SMILES string of the molecule is Clc1ccc2c(c1CSc1nc(-c3ccccc3)c[nH]1)CCNCC2. The number of thioether (sulfide) groups is 1. The molecule has 128 valence electrons. The molecule has 2 aromatic carbocycles. The zero-order valence-corrected chi connectivity index (χ0v) is 15.5. The molecular formula is C20H20ClN3S. The van der Waals surface area contributed by atoms with E-state index in [1.807, 2.05) is 30.5 Å². The fourth-order valence-electron chi connectivity index (χ4n) is 3.25. The third-order valence-electron chi connectivity index (χ3n) is 4.57. The van der Waals surface area contributed by atoms with Crippen molar-refractivity contribution in [1.82, 2.24) is 15.3 Å². The van der Waals surface area contributed by atoms with Gasteiger partial charge in [-0.2, -0.15) is 0 Å². The van der Waals surface area contributed by atoms with Gasteiger partial charge in [-0.05, 0) is 48.7 Å². The molecule has 0 radical (unpaired) electrons. The lowest BCUT2D eigenvalue weighted by Gasteiger charge is -2.13. The van der Waals surface area contributed by atoms with Gasteiger partial charge >= 0.3 is 0 Å². The summed E-state index contributed by atoms with van der Waals surface area (Å²) in [5, 5.41) is 5.26. The van der Waals surface area contributed by atoms with Gasteiger partial charge in [0.05, 0.1) is 5.69 Å². The van der Waals surface area contributed by atoms with Gasteiger partial charge in [0.25, 0.3) is 0 Å². The Balaban J connectivity index is 1.53. The van der Waals surface area contributed by atoms with Crippen LogP contribution in [0.5, 0.6) is 0 Å². The largest absolute Gasteiger partial charge is 0.339 e. The summed E-state index contributed by atoms with van der Waals surface area (Å²) < 4.78 is 0. The lowest BCUT2D eigenvalue weighted by atomic mass is 9.98. The second kappa shape index (κ2) is 7.65. The second-order valence-electron chi connectivity index (χ2n) is 6.16. The maximum Gasteiger partial charge on any atom is 0.166 e. The van der Waals surface area contributed by atoms with Crippen LogP contribution in [0, 0.1) is 0 Å². The molecule has 0 amide bonds. The summed E-state index contributed by atoms with van der Waals surface area (Å²) >= 11 is 8.23. The van der Waals surface area contributed by atoms with E-state index in [0.29, 0.717) is 0 Å². The summed E-state index contributed by atoms with van der Waals surface area (Å²) in [5.74, 6) is 0.837. The summed E-state index contributed by atoms with van der Waals surface area (Å²) in [4.78, 5) is 7.99. The molecule has 1 aliphatic heterocycles. The fourth-order valence-corrected chi connectivity index (χ4v) is 4.49. The Hall–Kier alpha value is -1.75. The van der Waals surface area contributed by atoms with Crippen LogP contribution in [-0.4, -0.2) is 23.1 Å². The highest BCUT2D eigenvalue weighted by atomic mass is 35.5. The molecule has 1 aromatic heterocycles. The first-order valence-corrected chi connectivity index (χ1v) is 9.91. The highest BCUT2D eigenvalue weighted by Gasteiger charge is 2.15. The van der Waals surface area contributed by atoms with Crippen LogP contribution < -0.4 is 5.32 Å². The molecule has 4 rings (SSSR count). The molecule has 0 spiro atoms. The highest BCUT2D eigenvalue weighted by molar-refractivity contribution is 7.98. The van der Waals surface area contributed by atoms with E-state index in [-0.39, 0.29) is 0 Å². The fraction of sp³-hybridized carbons (Fsp3) is 0.250. The van der Waals surface area contributed by atoms with E-state index in [1.165, 1.54) is 16.7 Å². The molecule has 5 heteroatoms. The molecule has 3 aromatic rings. The quantitative estimate of drug-likeness (QED) is 0.654. The minimum Gasteiger partial charge on any atom is -0.339 e. The Labute approximate surface area is 157 Å². The second-order valence-corrected chi connectivity index (χ2v) is 7.53. The molecule has 0 bridgehead atoms. The van der Waals surface area contributed by atoms with E-state index in [9.17, 15) is 0 Å². The number of hydrogen-bond donors (Lipinski definition) is 2. The van der Waals surface area contributed by atoms with Crippen molar-refractivity contribution < 1.29 is 0 Å². The van der Waals surface area contributed by atoms with Crippen LogP contribution in [-0.2, 0) is 18.6 Å². The minimum atomic E-state index is 0.837. The lowest BCUT2D eigenvalue weighted by molar-refractivity contribution is 0.710. The van der Waals surface area contributed by atoms with Crippen LogP contribution in [0.15, 0.2) is 53.8 Å². The molecular weight excluding hydrogens is 350 g/mol. The maximum absolute atomic E-state index is 6.52. The van der Waals surface area contributed by atoms with Gasteiger partial charge in [-0.3, -0.25) is 0 Å². The van der Waals surface area contributed by atoms with E-state index in [2.05, 4.69) is 28.5 Å². The van der Waals surface area contributed by atoms with Gasteiger partial charge in [-0.25, -0.2) is 4.98 Å². The Morgan fingerprint density at radius 1 is 1.04 bits per heavy atom. The number of aromatic amines is 1. The van der Waals surface area contributed by atoms with Crippen molar-refractivity contribution >= 4 is 23.4 Å². The van der Waals surface area contributed by atoms with E-state index in [1.54, 1.807) is 11.8 Å². The Morgan fingerprint density at radius 2 is 1.88 bits per heavy atom. The van der Waals surface area contributed by atoms with Crippen LogP contribution in [0.4, 0.5) is 0 Å². The first-order valence-electron chi connectivity index (χ1n) is 8.55. The Morgan fingerprint density at radius 3 is 2.76 bits per heavy atom. The number of fused-ring (bicyclic) bond motifs is 1. The molecule has 1 aliphatic rings. The van der Waals surface area contributed by atoms with Crippen LogP contribution >= 0.6 is 23.4 Å². The van der Waals surface area contributed by atoms with Crippen molar-refractivity contribution in [1.29, 1.82) is 0 Å². The van der Waals surface area contributed by atoms with Gasteiger partial charge in [-0.1, -0.05) is 59.8 Å². The zero-order chi connectivity index (χ0) is 17.1. The molecule has 0 fully saturated rings. The topological polar surface area (TPSA) is 40.7 Å². The molecule has 2 heterocycles. The van der Waals surface area contributed by atoms with Crippen LogP contribution in [0.3, 0.4) is 0 Å². The number of imidazole rings is 1. The van der Waals surface area contributed by atoms with Gasteiger partial charge in [0.1, 0.15) is 0 Å². The van der Waals surface area contributed by atoms with Crippen LogP contribution in [0.25, 0.3) is 11.3 Å². The van der Waals surface area contributed by atoms with Crippen molar-refractivity contribution in [2.45, 2.75) is 23.8 Å². The standard InChI is InChI=1S/C20H20ClN3S/c21-18-7-6-14-8-10-22-11-9-16(14)17(18)13-25-20-23-12-19(24-20)15-4-2-1-3-5-15/h1-7,12,22H,8-11,13H2,(H,23,24). The number of rotatable bonds is 4. The first-order chi connectivity index (χ1) is 12.3. The number of halogens is 1. The average molecular weight is 370 g/mol. The van der Waals surface area contributed by atoms with Crippen molar-refractivity contribution in [3.05, 3.63) is 70.4 Å². The van der Waals surface area contributed by atoms with Crippen LogP contribution in [0.1, 0.15) is 16.7 Å². The van der Waals surface area contributed by atoms with E-state index >= 15 is 0 Å². The number of nitrogens with zero attached hydrogens (tertiary/aromatic N) is 1. The zero-order valence-electron chi connectivity index (χ0n) is 13.9. The van der Waals surface area contributed by atoms with Crippen molar-refractivity contribution in [3.63, 3.8) is 0 Å². The minimum absolute atomic E-state index is 0.837. The summed E-state index contributed by atoms with van der Waals surface area (Å²) in [5.41, 5.74) is 6.20. The summed E-state index contributed by atoms with van der Waals surface area (Å²) in [6.45, 7) is 2.06. The third kappa shape index (κ3) is 3.76. The highest BCUT2D eigenvalue weighted by Crippen LogP contribution is 2.31. The summed E-state index contributed by atoms with van der Waals surface area (Å²) in [6.07, 6.45) is 4.08. The normalized spacial score (nSPS) is 14.1. The summed E-state index contributed by atoms with van der Waals surface area (Å²) in [6, 6.07) is 14.5. The van der Waals surface area contributed by atoms with Gasteiger partial charge in [0.15, 0.2) is 5.16 Å². The predicted molar refractivity (Wildman–Crippen MR) is 105 cm³/mol. The van der Waals surface area contributed by atoms with E-state index in [4.69, 9.17) is 16.6 Å².